The molecule has 0 rings (SSSR count). The van der Waals surface area contributed by atoms with Gasteiger partial charge in [0, 0.05) is 0 Å². The molecule has 0 amide bonds. The predicted octanol–water partition coefficient (Wildman–Crippen LogP) is -1.00. The van der Waals surface area contributed by atoms with E-state index in [2.05, 4.69) is 0 Å². The predicted molar refractivity (Wildman–Crippen MR) is 12.9 cm³/mol. The Labute approximate surface area is 78.7 Å². The molecule has 0 aliphatic rings. The molecule has 2 nitrogen and oxygen atoms in total. The summed E-state index contributed by atoms with van der Waals surface area (Å²) < 4.78 is 0. The third kappa shape index (κ3) is 22.6. The molecule has 0 heterocycles. The topological polar surface area (TPSA) is 57.0 Å². The molecular formula is BiMgO2Zn+3. The number of hydrogen-bond acceptors (Lipinski definition) is 0. The monoisotopic (exact) mass is 329 g/mol. The second kappa shape index (κ2) is 34.7. The fourth-order valence-corrected chi connectivity index (χ4v) is 0. The molecule has 5 heteroatoms. The molecule has 2 radical (unpaired) electrons. The standard InChI is InChI=1S/Bi.Mg.2O.Zn/q+3;+2;2*-2;+2. The van der Waals surface area contributed by atoms with Gasteiger partial charge in [-0.05, 0) is 0 Å². The molecule has 0 aliphatic heterocycles. The molecule has 0 aromatic carbocycles. The maximum atomic E-state index is 0. The number of hydrogen-bond donors (Lipinski definition) is 0. The van der Waals surface area contributed by atoms with E-state index >= 15 is 0 Å². The van der Waals surface area contributed by atoms with Crippen molar-refractivity contribution in [3.8, 4) is 0 Å². The Morgan fingerprint density at radius 2 is 0.800 bits per heavy atom. The first-order valence-corrected chi connectivity index (χ1v) is 0. The molecule has 0 aromatic heterocycles. The molecule has 0 aromatic rings. The SMILES string of the molecule is [Bi+3].[Mg+2].[O-2].[O-2].[Zn+2]. The Balaban J connectivity index is 0. The van der Waals surface area contributed by atoms with Crippen LogP contribution in [0.15, 0.2) is 0 Å². The Morgan fingerprint density at radius 1 is 0.800 bits per heavy atom. The molecule has 0 saturated heterocycles. The fourth-order valence-electron chi connectivity index (χ4n) is 0. The largest absolute Gasteiger partial charge is 3.00 e. The van der Waals surface area contributed by atoms with Crippen molar-refractivity contribution in [2.75, 3.05) is 0 Å². The van der Waals surface area contributed by atoms with Gasteiger partial charge in [-0.1, -0.05) is 0 Å². The van der Waals surface area contributed by atoms with Crippen LogP contribution < -0.4 is 0 Å². The van der Waals surface area contributed by atoms with E-state index in [9.17, 15) is 0 Å². The molecule has 18 valence electrons. The van der Waals surface area contributed by atoms with Crippen LogP contribution in [0.2, 0.25) is 0 Å². The van der Waals surface area contributed by atoms with Gasteiger partial charge < -0.3 is 11.0 Å². The van der Waals surface area contributed by atoms with Gasteiger partial charge in [-0.15, -0.1) is 0 Å². The summed E-state index contributed by atoms with van der Waals surface area (Å²) >= 11 is 0. The van der Waals surface area contributed by atoms with Gasteiger partial charge in [-0.25, -0.2) is 0 Å². The van der Waals surface area contributed by atoms with E-state index in [1.54, 1.807) is 0 Å². The molecule has 0 saturated carbocycles. The van der Waals surface area contributed by atoms with E-state index in [0.29, 0.717) is 0 Å². The summed E-state index contributed by atoms with van der Waals surface area (Å²) in [6.45, 7) is 0. The molecule has 5 heavy (non-hydrogen) atoms. The van der Waals surface area contributed by atoms with Crippen LogP contribution in [0.1, 0.15) is 0 Å². The van der Waals surface area contributed by atoms with Crippen LogP contribution in [0.4, 0.5) is 0 Å². The van der Waals surface area contributed by atoms with Crippen molar-refractivity contribution in [2.45, 2.75) is 0 Å². The van der Waals surface area contributed by atoms with E-state index in [1.165, 1.54) is 0 Å². The van der Waals surface area contributed by atoms with Gasteiger partial charge in [0.05, 0.1) is 0 Å². The minimum atomic E-state index is 0. The van der Waals surface area contributed by atoms with Gasteiger partial charge >= 0.3 is 68.7 Å². The van der Waals surface area contributed by atoms with Crippen molar-refractivity contribution in [3.63, 3.8) is 0 Å². The smallest absolute Gasteiger partial charge is 2.00 e. The van der Waals surface area contributed by atoms with Crippen LogP contribution in [-0.2, 0) is 30.4 Å². The molecular weight excluding hydrogens is 331 g/mol. The van der Waals surface area contributed by atoms with Gasteiger partial charge in [-0.2, -0.15) is 0 Å². The van der Waals surface area contributed by atoms with Crippen LogP contribution in [0, 0.1) is 0 Å². The molecule has 0 spiro atoms. The second-order valence-electron chi connectivity index (χ2n) is 0. The van der Waals surface area contributed by atoms with E-state index in [-0.39, 0.29) is 79.7 Å². The minimum Gasteiger partial charge on any atom is -2.00 e. The van der Waals surface area contributed by atoms with Crippen LogP contribution in [0.25, 0.3) is 0 Å². The summed E-state index contributed by atoms with van der Waals surface area (Å²) in [6, 6.07) is 0. The normalized spacial score (nSPS) is 0. The maximum Gasteiger partial charge on any atom is 3.00 e. The van der Waals surface area contributed by atoms with Crippen molar-refractivity contribution in [1.29, 1.82) is 0 Å². The molecule has 0 aliphatic carbocycles. The van der Waals surface area contributed by atoms with Crippen molar-refractivity contribution < 1.29 is 30.4 Å². The van der Waals surface area contributed by atoms with Crippen LogP contribution in [-0.4, -0.2) is 49.3 Å². The zero-order valence-electron chi connectivity index (χ0n) is 2.68. The average Bonchev–Trinajstić information content (AvgIpc) is 0. The van der Waals surface area contributed by atoms with Gasteiger partial charge in [0.2, 0.25) is 0 Å². The first kappa shape index (κ1) is 57.4. The van der Waals surface area contributed by atoms with Crippen LogP contribution >= 0.6 is 0 Å². The maximum absolute atomic E-state index is 0. The summed E-state index contributed by atoms with van der Waals surface area (Å²) in [5.74, 6) is 0. The third-order valence-corrected chi connectivity index (χ3v) is 0. The van der Waals surface area contributed by atoms with Gasteiger partial charge in [0.15, 0.2) is 0 Å². The van der Waals surface area contributed by atoms with Gasteiger partial charge in [0.1, 0.15) is 0 Å². The Bertz CT molecular complexity index is 9.61. The van der Waals surface area contributed by atoms with E-state index in [1.807, 2.05) is 0 Å². The zero-order valence-corrected chi connectivity index (χ0v) is 10.5. The van der Waals surface area contributed by atoms with Crippen molar-refractivity contribution in [2.24, 2.45) is 0 Å². The molecule has 0 N–H and O–H groups in total. The van der Waals surface area contributed by atoms with Crippen molar-refractivity contribution in [1.82, 2.24) is 0 Å². The average molecular weight is 331 g/mol. The van der Waals surface area contributed by atoms with E-state index in [4.69, 9.17) is 0 Å². The summed E-state index contributed by atoms with van der Waals surface area (Å²) in [4.78, 5) is 0. The first-order valence-electron chi connectivity index (χ1n) is 0. The second-order valence-corrected chi connectivity index (χ2v) is 0. The third-order valence-electron chi connectivity index (χ3n) is 0. The van der Waals surface area contributed by atoms with Gasteiger partial charge in [-0.3, -0.25) is 0 Å². The van der Waals surface area contributed by atoms with Crippen LogP contribution in [0.5, 0.6) is 0 Å². The quantitative estimate of drug-likeness (QED) is 0.512. The molecule has 0 bridgehead atoms. The summed E-state index contributed by atoms with van der Waals surface area (Å²) in [5, 5.41) is 0. The Kier molecular flexibility index (Phi) is 398. The minimum absolute atomic E-state index is 0. The van der Waals surface area contributed by atoms with E-state index < -0.39 is 0 Å². The summed E-state index contributed by atoms with van der Waals surface area (Å²) in [7, 11) is 0. The van der Waals surface area contributed by atoms with Gasteiger partial charge in [0.25, 0.3) is 0 Å². The summed E-state index contributed by atoms with van der Waals surface area (Å²) in [5.41, 5.74) is 0. The van der Waals surface area contributed by atoms with Crippen molar-refractivity contribution in [3.05, 3.63) is 0 Å². The number of rotatable bonds is 0. The molecule has 0 atom stereocenters. The fraction of sp³-hybridized carbons (Fsp3) is 0. The molecule has 0 fully saturated rings. The first-order chi connectivity index (χ1) is 0. The van der Waals surface area contributed by atoms with Crippen LogP contribution in [0.3, 0.4) is 0 Å². The Hall–Kier alpha value is 2.19. The van der Waals surface area contributed by atoms with E-state index in [0.717, 1.165) is 0 Å². The zero-order chi connectivity index (χ0) is 0. The van der Waals surface area contributed by atoms with Crippen molar-refractivity contribution >= 4 is 49.3 Å². The molecule has 0 unspecified atom stereocenters. The summed E-state index contributed by atoms with van der Waals surface area (Å²) in [6.07, 6.45) is 0. The Morgan fingerprint density at radius 3 is 0.800 bits per heavy atom.